The summed E-state index contributed by atoms with van der Waals surface area (Å²) in [6.45, 7) is 5.83. The van der Waals surface area contributed by atoms with Crippen LogP contribution in [0.25, 0.3) is 0 Å². The summed E-state index contributed by atoms with van der Waals surface area (Å²) in [6, 6.07) is 5.19. The maximum Gasteiger partial charge on any atom is 0.337 e. The van der Waals surface area contributed by atoms with Gasteiger partial charge in [0.15, 0.2) is 0 Å². The number of carbonyl (C=O) groups is 1. The van der Waals surface area contributed by atoms with Gasteiger partial charge in [-0.2, -0.15) is 0 Å². The molecule has 3 nitrogen and oxygen atoms in total. The molecular formula is C13H17BrO3S. The van der Waals surface area contributed by atoms with E-state index in [1.807, 2.05) is 20.8 Å². The summed E-state index contributed by atoms with van der Waals surface area (Å²) >= 11 is 3.40. The molecule has 0 fully saturated rings. The van der Waals surface area contributed by atoms with Gasteiger partial charge < -0.3 is 4.74 Å². The smallest absolute Gasteiger partial charge is 0.337 e. The second-order valence-corrected chi connectivity index (χ2v) is 7.96. The van der Waals surface area contributed by atoms with E-state index < -0.39 is 10.8 Å². The first kappa shape index (κ1) is 15.4. The summed E-state index contributed by atoms with van der Waals surface area (Å²) < 4.78 is 17.2. The summed E-state index contributed by atoms with van der Waals surface area (Å²) in [7, 11) is 0.382. The van der Waals surface area contributed by atoms with Crippen molar-refractivity contribution in [2.45, 2.75) is 31.3 Å². The Hall–Kier alpha value is -0.680. The molecule has 18 heavy (non-hydrogen) atoms. The van der Waals surface area contributed by atoms with Gasteiger partial charge in [0.05, 0.1) is 18.4 Å². The van der Waals surface area contributed by atoms with Gasteiger partial charge in [0, 0.05) is 20.0 Å². The SMILES string of the molecule is COC(=O)c1ccc(CS(=O)C(C)(C)C)c(Br)c1. The zero-order chi connectivity index (χ0) is 13.9. The number of halogens is 1. The van der Waals surface area contributed by atoms with E-state index in [0.717, 1.165) is 10.0 Å². The van der Waals surface area contributed by atoms with E-state index in [9.17, 15) is 9.00 Å². The molecule has 1 rings (SSSR count). The van der Waals surface area contributed by atoms with Gasteiger partial charge in [0.25, 0.3) is 0 Å². The van der Waals surface area contributed by atoms with Crippen molar-refractivity contribution in [2.75, 3.05) is 7.11 Å². The second kappa shape index (κ2) is 5.97. The summed E-state index contributed by atoms with van der Waals surface area (Å²) in [6.07, 6.45) is 0. The molecule has 0 N–H and O–H groups in total. The highest BCUT2D eigenvalue weighted by molar-refractivity contribution is 9.10. The highest BCUT2D eigenvalue weighted by Crippen LogP contribution is 2.24. The van der Waals surface area contributed by atoms with Gasteiger partial charge >= 0.3 is 5.97 Å². The van der Waals surface area contributed by atoms with Crippen molar-refractivity contribution in [3.05, 3.63) is 33.8 Å². The monoisotopic (exact) mass is 332 g/mol. The van der Waals surface area contributed by atoms with Crippen molar-refractivity contribution >= 4 is 32.7 Å². The maximum atomic E-state index is 12.1. The summed E-state index contributed by atoms with van der Waals surface area (Å²) in [5.74, 6) is 0.0881. The van der Waals surface area contributed by atoms with Crippen LogP contribution in [0.3, 0.4) is 0 Å². The Morgan fingerprint density at radius 2 is 2.00 bits per heavy atom. The number of esters is 1. The molecule has 1 aromatic rings. The first-order valence-electron chi connectivity index (χ1n) is 5.51. The van der Waals surface area contributed by atoms with Crippen molar-refractivity contribution < 1.29 is 13.7 Å². The lowest BCUT2D eigenvalue weighted by Crippen LogP contribution is -2.23. The van der Waals surface area contributed by atoms with Crippen LogP contribution in [0.2, 0.25) is 0 Å². The van der Waals surface area contributed by atoms with Crippen LogP contribution in [0.15, 0.2) is 22.7 Å². The van der Waals surface area contributed by atoms with Gasteiger partial charge in [0.1, 0.15) is 0 Å². The van der Waals surface area contributed by atoms with Crippen LogP contribution >= 0.6 is 15.9 Å². The molecule has 1 atom stereocenters. The van der Waals surface area contributed by atoms with Crippen molar-refractivity contribution in [1.29, 1.82) is 0 Å². The Bertz CT molecular complexity index is 478. The zero-order valence-electron chi connectivity index (χ0n) is 11.0. The molecule has 0 saturated heterocycles. The van der Waals surface area contributed by atoms with Crippen LogP contribution in [-0.4, -0.2) is 22.0 Å². The zero-order valence-corrected chi connectivity index (χ0v) is 13.4. The van der Waals surface area contributed by atoms with Gasteiger partial charge in [0.2, 0.25) is 0 Å². The molecule has 0 aromatic heterocycles. The predicted molar refractivity (Wildman–Crippen MR) is 77.1 cm³/mol. The van der Waals surface area contributed by atoms with Crippen LogP contribution < -0.4 is 0 Å². The van der Waals surface area contributed by atoms with Crippen LogP contribution in [-0.2, 0) is 21.3 Å². The van der Waals surface area contributed by atoms with Gasteiger partial charge in [-0.05, 0) is 38.5 Å². The molecule has 5 heteroatoms. The van der Waals surface area contributed by atoms with Gasteiger partial charge in [-0.3, -0.25) is 4.21 Å². The van der Waals surface area contributed by atoms with Crippen LogP contribution in [0.5, 0.6) is 0 Å². The molecule has 0 bridgehead atoms. The minimum atomic E-state index is -0.964. The molecular weight excluding hydrogens is 316 g/mol. The Morgan fingerprint density at radius 3 is 2.44 bits per heavy atom. The van der Waals surface area contributed by atoms with Crippen molar-refractivity contribution in [3.8, 4) is 0 Å². The molecule has 0 aliphatic rings. The predicted octanol–water partition coefficient (Wildman–Crippen LogP) is 3.28. The highest BCUT2D eigenvalue weighted by atomic mass is 79.9. The van der Waals surface area contributed by atoms with Crippen LogP contribution in [0.4, 0.5) is 0 Å². The lowest BCUT2D eigenvalue weighted by Gasteiger charge is -2.18. The summed E-state index contributed by atoms with van der Waals surface area (Å²) in [5.41, 5.74) is 1.41. The second-order valence-electron chi connectivity index (χ2n) is 4.90. The maximum absolute atomic E-state index is 12.1. The van der Waals surface area contributed by atoms with E-state index in [2.05, 4.69) is 20.7 Å². The molecule has 1 unspecified atom stereocenters. The van der Waals surface area contributed by atoms with E-state index in [1.165, 1.54) is 7.11 Å². The fourth-order valence-corrected chi connectivity index (χ4v) is 2.94. The average molecular weight is 333 g/mol. The van der Waals surface area contributed by atoms with Gasteiger partial charge in [-0.25, -0.2) is 4.79 Å². The number of carbonyl (C=O) groups excluding carboxylic acids is 1. The molecule has 0 aliphatic heterocycles. The molecule has 100 valence electrons. The summed E-state index contributed by atoms with van der Waals surface area (Å²) in [5, 5.41) is 0. The van der Waals surface area contributed by atoms with Crippen molar-refractivity contribution in [3.63, 3.8) is 0 Å². The molecule has 0 spiro atoms. The van der Waals surface area contributed by atoms with E-state index in [0.29, 0.717) is 11.3 Å². The standard InChI is InChI=1S/C13H17BrO3S/c1-13(2,3)18(16)8-10-6-5-9(7-11(10)14)12(15)17-4/h5-7H,8H2,1-4H3. The molecule has 0 amide bonds. The number of rotatable bonds is 3. The third-order valence-electron chi connectivity index (χ3n) is 2.44. The lowest BCUT2D eigenvalue weighted by atomic mass is 10.1. The number of hydrogen-bond acceptors (Lipinski definition) is 3. The largest absolute Gasteiger partial charge is 0.465 e. The number of methoxy groups -OCH3 is 1. The Kier molecular flexibility index (Phi) is 5.10. The highest BCUT2D eigenvalue weighted by Gasteiger charge is 2.20. The van der Waals surface area contributed by atoms with Crippen molar-refractivity contribution in [2.24, 2.45) is 0 Å². The van der Waals surface area contributed by atoms with E-state index in [1.54, 1.807) is 18.2 Å². The fourth-order valence-electron chi connectivity index (χ4n) is 1.27. The van der Waals surface area contributed by atoms with Crippen LogP contribution in [0, 0.1) is 0 Å². The van der Waals surface area contributed by atoms with Gasteiger partial charge in [-0.1, -0.05) is 22.0 Å². The number of ether oxygens (including phenoxy) is 1. The molecule has 1 aromatic carbocycles. The first-order valence-corrected chi connectivity index (χ1v) is 7.62. The normalized spacial score (nSPS) is 13.2. The third-order valence-corrected chi connectivity index (χ3v) is 5.12. The van der Waals surface area contributed by atoms with Crippen LogP contribution in [0.1, 0.15) is 36.7 Å². The minimum Gasteiger partial charge on any atom is -0.465 e. The topological polar surface area (TPSA) is 43.4 Å². The van der Waals surface area contributed by atoms with Gasteiger partial charge in [-0.15, -0.1) is 0 Å². The lowest BCUT2D eigenvalue weighted by molar-refractivity contribution is 0.0600. The van der Waals surface area contributed by atoms with E-state index >= 15 is 0 Å². The molecule has 0 radical (unpaired) electrons. The summed E-state index contributed by atoms with van der Waals surface area (Å²) in [4.78, 5) is 11.4. The molecule has 0 saturated carbocycles. The minimum absolute atomic E-state index is 0.250. The van der Waals surface area contributed by atoms with Crippen molar-refractivity contribution in [1.82, 2.24) is 0 Å². The first-order chi connectivity index (χ1) is 8.25. The Morgan fingerprint density at radius 1 is 1.39 bits per heavy atom. The molecule has 0 aliphatic carbocycles. The van der Waals surface area contributed by atoms with E-state index in [-0.39, 0.29) is 10.7 Å². The quantitative estimate of drug-likeness (QED) is 0.798. The third kappa shape index (κ3) is 3.92. The number of hydrogen-bond donors (Lipinski definition) is 0. The number of benzene rings is 1. The molecule has 0 heterocycles. The Labute approximate surface area is 119 Å². The average Bonchev–Trinajstić information content (AvgIpc) is 2.29. The fraction of sp³-hybridized carbons (Fsp3) is 0.462. The Balaban J connectivity index is 2.94. The van der Waals surface area contributed by atoms with E-state index in [4.69, 9.17) is 0 Å².